The van der Waals surface area contributed by atoms with Crippen LogP contribution in [0.5, 0.6) is 0 Å². The number of hydrogen-bond donors (Lipinski definition) is 1. The fourth-order valence-corrected chi connectivity index (χ4v) is 5.76. The summed E-state index contributed by atoms with van der Waals surface area (Å²) in [6.45, 7) is 9.33. The summed E-state index contributed by atoms with van der Waals surface area (Å²) in [5, 5.41) is 4.14. The summed E-state index contributed by atoms with van der Waals surface area (Å²) >= 11 is 18.9. The van der Waals surface area contributed by atoms with Crippen molar-refractivity contribution in [3.63, 3.8) is 0 Å². The predicted molar refractivity (Wildman–Crippen MR) is 157 cm³/mol. The first-order valence-corrected chi connectivity index (χ1v) is 15.3. The molecule has 0 radical (unpaired) electrons. The summed E-state index contributed by atoms with van der Waals surface area (Å²) in [6.07, 6.45) is 1.71. The number of nitrogens with one attached hydrogen (secondary N) is 1. The predicted octanol–water partition coefficient (Wildman–Crippen LogP) is 6.22. The molecular weight excluding hydrogens is 569 g/mol. The Balaban J connectivity index is 2.33. The Labute approximate surface area is 241 Å². The van der Waals surface area contributed by atoms with Gasteiger partial charge in [0, 0.05) is 45.7 Å². The molecule has 2 rings (SSSR count). The lowest BCUT2D eigenvalue weighted by atomic mass is 10.0. The molecule has 11 heteroatoms. The van der Waals surface area contributed by atoms with Crippen LogP contribution in [0.1, 0.15) is 58.1 Å². The van der Waals surface area contributed by atoms with E-state index < -0.39 is 21.6 Å². The number of anilines is 1. The Hall–Kier alpha value is -2.00. The third-order valence-electron chi connectivity index (χ3n) is 5.87. The summed E-state index contributed by atoms with van der Waals surface area (Å²) in [7, 11) is -3.64. The summed E-state index contributed by atoms with van der Waals surface area (Å²) in [5.41, 5.74) is 1.25. The minimum absolute atomic E-state index is 0.00695. The summed E-state index contributed by atoms with van der Waals surface area (Å²) < 4.78 is 26.5. The lowest BCUT2D eigenvalue weighted by Gasteiger charge is -2.33. The Morgan fingerprint density at radius 2 is 1.66 bits per heavy atom. The largest absolute Gasteiger partial charge is 0.350 e. The first-order valence-electron chi connectivity index (χ1n) is 12.3. The number of hydrogen-bond acceptors (Lipinski definition) is 4. The van der Waals surface area contributed by atoms with E-state index in [4.69, 9.17) is 34.8 Å². The quantitative estimate of drug-likeness (QED) is 0.330. The third-order valence-corrected chi connectivity index (χ3v) is 7.99. The number of amides is 2. The maximum atomic E-state index is 13.6. The second-order valence-corrected chi connectivity index (χ2v) is 13.4. The van der Waals surface area contributed by atoms with Crippen LogP contribution < -0.4 is 9.62 Å². The zero-order valence-electron chi connectivity index (χ0n) is 22.6. The van der Waals surface area contributed by atoms with Gasteiger partial charge in [0.25, 0.3) is 0 Å². The first-order chi connectivity index (χ1) is 17.5. The molecule has 0 aliphatic rings. The maximum absolute atomic E-state index is 13.6. The molecule has 0 saturated carbocycles. The average Bonchev–Trinajstić information content (AvgIpc) is 2.78. The Bertz CT molecular complexity index is 1240. The number of halogens is 3. The Morgan fingerprint density at radius 1 is 1.05 bits per heavy atom. The first kappa shape index (κ1) is 32.2. The van der Waals surface area contributed by atoms with Crippen LogP contribution in [0.25, 0.3) is 0 Å². The van der Waals surface area contributed by atoms with E-state index in [1.807, 2.05) is 27.7 Å². The molecule has 1 N–H and O–H groups in total. The van der Waals surface area contributed by atoms with Crippen LogP contribution in [-0.4, -0.2) is 49.5 Å². The van der Waals surface area contributed by atoms with Crippen molar-refractivity contribution in [1.29, 1.82) is 0 Å². The van der Waals surface area contributed by atoms with Crippen LogP contribution in [0.15, 0.2) is 36.4 Å². The Morgan fingerprint density at radius 3 is 2.18 bits per heavy atom. The van der Waals surface area contributed by atoms with Crippen LogP contribution >= 0.6 is 34.8 Å². The molecule has 2 amide bonds. The van der Waals surface area contributed by atoms with E-state index in [2.05, 4.69) is 5.32 Å². The fraction of sp³-hybridized carbons (Fsp3) is 0.481. The zero-order valence-corrected chi connectivity index (χ0v) is 25.7. The summed E-state index contributed by atoms with van der Waals surface area (Å²) in [4.78, 5) is 28.3. The second kappa shape index (κ2) is 13.4. The highest BCUT2D eigenvalue weighted by molar-refractivity contribution is 7.92. The van der Waals surface area contributed by atoms with E-state index >= 15 is 0 Å². The van der Waals surface area contributed by atoms with Gasteiger partial charge in [0.15, 0.2) is 0 Å². The molecule has 0 heterocycles. The van der Waals surface area contributed by atoms with Crippen molar-refractivity contribution in [3.05, 3.63) is 62.6 Å². The van der Waals surface area contributed by atoms with Gasteiger partial charge in [-0.3, -0.25) is 13.9 Å². The number of sulfonamides is 1. The van der Waals surface area contributed by atoms with Crippen molar-refractivity contribution in [2.45, 2.75) is 72.0 Å². The molecule has 0 fully saturated rings. The highest BCUT2D eigenvalue weighted by atomic mass is 35.5. The SMILES string of the molecule is CC[C@@H](C(=O)NC(C)(C)C)N(Cc1c(Cl)cccc1Cl)C(=O)CCCN(c1cc(Cl)ccc1C)S(C)(=O)=O. The van der Waals surface area contributed by atoms with Crippen LogP contribution in [0.3, 0.4) is 0 Å². The number of carbonyl (C=O) groups is 2. The van der Waals surface area contributed by atoms with Gasteiger partial charge in [-0.2, -0.15) is 0 Å². The van der Waals surface area contributed by atoms with E-state index in [0.717, 1.165) is 11.8 Å². The molecule has 38 heavy (non-hydrogen) atoms. The molecule has 7 nitrogen and oxygen atoms in total. The van der Waals surface area contributed by atoms with Crippen molar-refractivity contribution >= 4 is 62.3 Å². The standard InChI is InChI=1S/C27H36Cl3N3O4S/c1-7-23(26(35)31-27(3,4)5)32(17-20-21(29)10-8-11-22(20)30)25(34)12-9-15-33(38(6,36)37)24-16-19(28)14-13-18(24)2/h8,10-11,13-14,16,23H,7,9,12,15,17H2,1-6H3,(H,31,35)/t23-/m0/s1. The molecular formula is C27H36Cl3N3O4S. The molecule has 0 aromatic heterocycles. The van der Waals surface area contributed by atoms with Crippen molar-refractivity contribution in [2.24, 2.45) is 0 Å². The van der Waals surface area contributed by atoms with E-state index in [0.29, 0.717) is 32.7 Å². The highest BCUT2D eigenvalue weighted by Gasteiger charge is 2.31. The molecule has 1 atom stereocenters. The average molecular weight is 605 g/mol. The zero-order chi connectivity index (χ0) is 28.8. The lowest BCUT2D eigenvalue weighted by Crippen LogP contribution is -2.53. The van der Waals surface area contributed by atoms with Gasteiger partial charge in [-0.05, 0) is 70.4 Å². The van der Waals surface area contributed by atoms with Crippen molar-refractivity contribution in [1.82, 2.24) is 10.2 Å². The molecule has 2 aromatic carbocycles. The molecule has 0 bridgehead atoms. The van der Waals surface area contributed by atoms with Crippen LogP contribution in [0.2, 0.25) is 15.1 Å². The minimum atomic E-state index is -3.64. The van der Waals surface area contributed by atoms with E-state index in [-0.39, 0.29) is 37.7 Å². The van der Waals surface area contributed by atoms with E-state index in [9.17, 15) is 18.0 Å². The smallest absolute Gasteiger partial charge is 0.243 e. The number of rotatable bonds is 11. The van der Waals surface area contributed by atoms with Gasteiger partial charge in [-0.25, -0.2) is 8.42 Å². The highest BCUT2D eigenvalue weighted by Crippen LogP contribution is 2.29. The van der Waals surface area contributed by atoms with Crippen LogP contribution in [0.4, 0.5) is 5.69 Å². The topological polar surface area (TPSA) is 86.8 Å². The fourth-order valence-electron chi connectivity index (χ4n) is 4.06. The van der Waals surface area contributed by atoms with Crippen molar-refractivity contribution in [2.75, 3.05) is 17.1 Å². The van der Waals surface area contributed by atoms with E-state index in [1.165, 1.54) is 9.21 Å². The molecule has 0 aliphatic carbocycles. The normalized spacial score (nSPS) is 12.7. The minimum Gasteiger partial charge on any atom is -0.350 e. The summed E-state index contributed by atoms with van der Waals surface area (Å²) in [5.74, 6) is -0.600. The van der Waals surface area contributed by atoms with Gasteiger partial charge in [-0.15, -0.1) is 0 Å². The molecule has 0 unspecified atom stereocenters. The summed E-state index contributed by atoms with van der Waals surface area (Å²) in [6, 6.07) is 9.33. The van der Waals surface area contributed by atoms with Gasteiger partial charge in [0.05, 0.1) is 11.9 Å². The number of nitrogens with zero attached hydrogens (tertiary/aromatic N) is 2. The third kappa shape index (κ3) is 9.04. The number of aryl methyl sites for hydroxylation is 1. The molecule has 0 spiro atoms. The maximum Gasteiger partial charge on any atom is 0.243 e. The van der Waals surface area contributed by atoms with Gasteiger partial charge < -0.3 is 10.2 Å². The van der Waals surface area contributed by atoms with Crippen LogP contribution in [-0.2, 0) is 26.2 Å². The van der Waals surface area contributed by atoms with Crippen LogP contribution in [0, 0.1) is 6.92 Å². The van der Waals surface area contributed by atoms with E-state index in [1.54, 1.807) is 43.3 Å². The molecule has 0 aliphatic heterocycles. The lowest BCUT2D eigenvalue weighted by molar-refractivity contribution is -0.142. The molecule has 2 aromatic rings. The van der Waals surface area contributed by atoms with Crippen molar-refractivity contribution < 1.29 is 18.0 Å². The van der Waals surface area contributed by atoms with Gasteiger partial charge in [0.1, 0.15) is 6.04 Å². The number of carbonyl (C=O) groups excluding carboxylic acids is 2. The van der Waals surface area contributed by atoms with Crippen molar-refractivity contribution in [3.8, 4) is 0 Å². The van der Waals surface area contributed by atoms with Gasteiger partial charge >= 0.3 is 0 Å². The monoisotopic (exact) mass is 603 g/mol. The van der Waals surface area contributed by atoms with Gasteiger partial charge in [0.2, 0.25) is 21.8 Å². The molecule has 0 saturated heterocycles. The Kier molecular flexibility index (Phi) is 11.3. The van der Waals surface area contributed by atoms with Gasteiger partial charge in [-0.1, -0.05) is 53.9 Å². The molecule has 210 valence electrons. The second-order valence-electron chi connectivity index (χ2n) is 10.3. The number of benzene rings is 2.